The van der Waals surface area contributed by atoms with Gasteiger partial charge in [0.1, 0.15) is 23.7 Å². The molecule has 2 N–H and O–H groups in total. The number of aromatic nitrogens is 2. The van der Waals surface area contributed by atoms with Crippen molar-refractivity contribution in [2.24, 2.45) is 5.41 Å². The molecule has 0 saturated carbocycles. The van der Waals surface area contributed by atoms with Crippen LogP contribution < -0.4 is 15.4 Å². The van der Waals surface area contributed by atoms with E-state index in [0.29, 0.717) is 59.0 Å². The van der Waals surface area contributed by atoms with E-state index in [1.807, 2.05) is 0 Å². The second-order valence-corrected chi connectivity index (χ2v) is 9.03. The van der Waals surface area contributed by atoms with Gasteiger partial charge in [0.2, 0.25) is 5.91 Å². The Morgan fingerprint density at radius 1 is 1.33 bits per heavy atom. The third kappa shape index (κ3) is 5.61. The molecule has 0 aliphatic carbocycles. The highest BCUT2D eigenvalue weighted by Gasteiger charge is 2.34. The van der Waals surface area contributed by atoms with Crippen LogP contribution in [-0.4, -0.2) is 41.0 Å². The Morgan fingerprint density at radius 3 is 2.85 bits per heavy atom. The molecule has 4 rings (SSSR count). The van der Waals surface area contributed by atoms with Crippen LogP contribution in [0.25, 0.3) is 10.9 Å². The van der Waals surface area contributed by atoms with E-state index in [9.17, 15) is 9.18 Å². The van der Waals surface area contributed by atoms with Crippen LogP contribution in [0.15, 0.2) is 48.8 Å². The van der Waals surface area contributed by atoms with Gasteiger partial charge in [0.15, 0.2) is 0 Å². The first kappa shape index (κ1) is 23.4. The first-order valence-electron chi connectivity index (χ1n) is 10.1. The monoisotopic (exact) mass is 534 g/mol. The predicted octanol–water partition coefficient (Wildman–Crippen LogP) is 5.47. The Labute approximate surface area is 203 Å². The van der Waals surface area contributed by atoms with Crippen molar-refractivity contribution < 1.29 is 18.7 Å². The number of fused-ring (bicyclic) bond motifs is 1. The summed E-state index contributed by atoms with van der Waals surface area (Å²) in [4.78, 5) is 21.0. The van der Waals surface area contributed by atoms with Crippen molar-refractivity contribution in [3.8, 4) is 5.75 Å². The number of rotatable bonds is 8. The van der Waals surface area contributed by atoms with Crippen molar-refractivity contribution in [3.63, 3.8) is 0 Å². The number of anilines is 3. The van der Waals surface area contributed by atoms with Crippen LogP contribution in [0.5, 0.6) is 5.75 Å². The van der Waals surface area contributed by atoms with E-state index in [1.165, 1.54) is 24.5 Å². The summed E-state index contributed by atoms with van der Waals surface area (Å²) < 4.78 is 24.9. The van der Waals surface area contributed by atoms with Crippen LogP contribution in [0.2, 0.25) is 5.02 Å². The molecule has 0 atom stereocenters. The zero-order valence-electron chi connectivity index (χ0n) is 17.7. The summed E-state index contributed by atoms with van der Waals surface area (Å²) in [6, 6.07) is 7.80. The molecule has 1 aliphatic rings. The highest BCUT2D eigenvalue weighted by Crippen LogP contribution is 2.36. The van der Waals surface area contributed by atoms with Crippen LogP contribution in [-0.2, 0) is 9.53 Å². The minimum Gasteiger partial charge on any atom is -0.491 e. The van der Waals surface area contributed by atoms with Gasteiger partial charge in [-0.2, -0.15) is 0 Å². The van der Waals surface area contributed by atoms with Crippen LogP contribution in [0, 0.1) is 11.2 Å². The van der Waals surface area contributed by atoms with Crippen LogP contribution in [0.4, 0.5) is 21.6 Å². The molecule has 0 bridgehead atoms. The molecule has 3 aromatic rings. The van der Waals surface area contributed by atoms with Crippen LogP contribution in [0.3, 0.4) is 0 Å². The smallest absolute Gasteiger partial charge is 0.248 e. The van der Waals surface area contributed by atoms with Crippen molar-refractivity contribution in [1.82, 2.24) is 9.97 Å². The van der Waals surface area contributed by atoms with Gasteiger partial charge in [-0.15, -0.1) is 0 Å². The summed E-state index contributed by atoms with van der Waals surface area (Å²) >= 11 is 9.16. The maximum atomic E-state index is 13.5. The third-order valence-corrected chi connectivity index (χ3v) is 5.68. The molecule has 1 aromatic heterocycles. The summed E-state index contributed by atoms with van der Waals surface area (Å²) in [5.74, 6) is 0.155. The largest absolute Gasteiger partial charge is 0.491 e. The molecule has 0 spiro atoms. The van der Waals surface area contributed by atoms with E-state index in [-0.39, 0.29) is 16.3 Å². The lowest BCUT2D eigenvalue weighted by Crippen LogP contribution is -2.44. The Hall–Kier alpha value is -2.75. The van der Waals surface area contributed by atoms with E-state index < -0.39 is 5.82 Å². The van der Waals surface area contributed by atoms with E-state index in [2.05, 4.69) is 43.5 Å². The molecule has 1 fully saturated rings. The number of halogens is 3. The van der Waals surface area contributed by atoms with Crippen molar-refractivity contribution >= 4 is 61.5 Å². The molecule has 33 heavy (non-hydrogen) atoms. The first-order valence-corrected chi connectivity index (χ1v) is 11.6. The van der Waals surface area contributed by atoms with Crippen molar-refractivity contribution in [1.29, 1.82) is 0 Å². The minimum absolute atomic E-state index is 0.00551. The summed E-state index contributed by atoms with van der Waals surface area (Å²) in [6.07, 6.45) is 4.54. The molecule has 10 heteroatoms. The lowest BCUT2D eigenvalue weighted by molar-refractivity contribution is -0.120. The number of nitrogens with one attached hydrogen (secondary N) is 2. The molecular weight excluding hydrogens is 515 g/mol. The Morgan fingerprint density at radius 2 is 2.15 bits per heavy atom. The maximum Gasteiger partial charge on any atom is 0.248 e. The lowest BCUT2D eigenvalue weighted by Gasteiger charge is -2.37. The van der Waals surface area contributed by atoms with Crippen LogP contribution in [0.1, 0.15) is 6.92 Å². The fourth-order valence-electron chi connectivity index (χ4n) is 3.22. The molecule has 1 amide bonds. The van der Waals surface area contributed by atoms with Gasteiger partial charge in [-0.05, 0) is 24.3 Å². The summed E-state index contributed by atoms with van der Waals surface area (Å²) in [5, 5.41) is 7.19. The highest BCUT2D eigenvalue weighted by molar-refractivity contribution is 9.09. The molecule has 1 aliphatic heterocycles. The average Bonchev–Trinajstić information content (AvgIpc) is 2.78. The van der Waals surface area contributed by atoms with Gasteiger partial charge in [-0.25, -0.2) is 14.4 Å². The lowest BCUT2D eigenvalue weighted by atomic mass is 9.90. The molecular formula is C23H21BrClFN4O3. The second-order valence-electron chi connectivity index (χ2n) is 7.98. The van der Waals surface area contributed by atoms with Crippen molar-refractivity contribution in [2.75, 3.05) is 35.8 Å². The maximum absolute atomic E-state index is 13.5. The Balaban J connectivity index is 1.70. The molecule has 172 valence electrons. The van der Waals surface area contributed by atoms with Gasteiger partial charge in [-0.3, -0.25) is 4.79 Å². The number of nitrogens with zero attached hydrogens (tertiary/aromatic N) is 2. The molecule has 2 aromatic carbocycles. The summed E-state index contributed by atoms with van der Waals surface area (Å²) in [7, 11) is 0. The van der Waals surface area contributed by atoms with Gasteiger partial charge in [0.05, 0.1) is 36.0 Å². The summed E-state index contributed by atoms with van der Waals surface area (Å²) in [6.45, 7) is 3.74. The van der Waals surface area contributed by atoms with Crippen molar-refractivity contribution in [3.05, 3.63) is 59.7 Å². The van der Waals surface area contributed by atoms with E-state index in [4.69, 9.17) is 21.1 Å². The molecule has 1 saturated heterocycles. The van der Waals surface area contributed by atoms with Gasteiger partial charge < -0.3 is 20.1 Å². The fourth-order valence-corrected chi connectivity index (χ4v) is 3.59. The number of amides is 1. The van der Waals surface area contributed by atoms with Gasteiger partial charge in [0, 0.05) is 34.0 Å². The number of benzene rings is 2. The number of ether oxygens (including phenoxy) is 2. The molecule has 0 radical (unpaired) electrons. The summed E-state index contributed by atoms with van der Waals surface area (Å²) in [5.41, 5.74) is 1.57. The van der Waals surface area contributed by atoms with E-state index >= 15 is 0 Å². The number of alkyl halides is 1. The zero-order valence-corrected chi connectivity index (χ0v) is 20.0. The van der Waals surface area contributed by atoms with Crippen molar-refractivity contribution in [2.45, 2.75) is 6.92 Å². The van der Waals surface area contributed by atoms with Gasteiger partial charge in [-0.1, -0.05) is 40.5 Å². The number of allylic oxidation sites excluding steroid dienone is 1. The molecule has 7 nitrogen and oxygen atoms in total. The number of carbonyl (C=O) groups excluding carboxylic acids is 1. The second kappa shape index (κ2) is 10.0. The number of hydrogen-bond donors (Lipinski definition) is 2. The normalized spacial score (nSPS) is 14.8. The SMILES string of the molecule is CC1(COc2cc3ncnc(Nc4ccc(F)c(Cl)c4)c3cc2NC(=O)C=CCBr)COC1. The number of hydrogen-bond acceptors (Lipinski definition) is 6. The van der Waals surface area contributed by atoms with Crippen LogP contribution >= 0.6 is 27.5 Å². The van der Waals surface area contributed by atoms with Gasteiger partial charge in [0.25, 0.3) is 0 Å². The molecule has 2 heterocycles. The van der Waals surface area contributed by atoms with E-state index in [1.54, 1.807) is 24.3 Å². The Kier molecular flexibility index (Phi) is 7.11. The average molecular weight is 536 g/mol. The minimum atomic E-state index is -0.511. The zero-order chi connectivity index (χ0) is 23.4. The predicted molar refractivity (Wildman–Crippen MR) is 130 cm³/mol. The standard InChI is InChI=1S/C23H21BrClFN4O3/c1-23(10-32-11-23)12-33-20-9-18-15(8-19(20)30-21(31)3-2-6-24)22(28-13-27-18)29-14-4-5-17(26)16(25)7-14/h2-5,7-9,13H,6,10-12H2,1H3,(H,30,31)(H,27,28,29). The van der Waals surface area contributed by atoms with Gasteiger partial charge >= 0.3 is 0 Å². The first-order chi connectivity index (χ1) is 15.9. The Bertz CT molecular complexity index is 1220. The third-order valence-electron chi connectivity index (χ3n) is 5.01. The number of carbonyl (C=O) groups is 1. The fraction of sp³-hybridized carbons (Fsp3) is 0.261. The molecule has 0 unspecified atom stereocenters. The highest BCUT2D eigenvalue weighted by atomic mass is 79.9. The van der Waals surface area contributed by atoms with E-state index in [0.717, 1.165) is 0 Å². The quantitative estimate of drug-likeness (QED) is 0.294. The topological polar surface area (TPSA) is 85.4 Å².